The van der Waals surface area contributed by atoms with Crippen LogP contribution in [0, 0.1) is 16.7 Å². The van der Waals surface area contributed by atoms with Gasteiger partial charge in [0, 0.05) is 40.6 Å². The van der Waals surface area contributed by atoms with E-state index in [1.807, 2.05) is 18.2 Å². The Kier molecular flexibility index (Phi) is 13.5. The van der Waals surface area contributed by atoms with Crippen LogP contribution in [0.2, 0.25) is 25.7 Å². The third-order valence-electron chi connectivity index (χ3n) is 6.75. The molecule has 0 aromatic carbocycles. The molecule has 0 bridgehead atoms. The molecule has 3 N–H and O–H groups in total. The van der Waals surface area contributed by atoms with E-state index in [1.54, 1.807) is 4.57 Å². The number of nitrogens with one attached hydrogen (secondary N) is 2. The topological polar surface area (TPSA) is 129 Å². The highest BCUT2D eigenvalue weighted by atomic mass is 28.3. The molecule has 0 unspecified atom stereocenters. The molecule has 9 nitrogen and oxygen atoms in total. The minimum absolute atomic E-state index is 0.0335. The standard InChI is InChI=1S/C30H47N5O4Si/c1-30(2)13-11-24(12-14-30)9-10-25(20-27(37)32-16-7-17-36)8-6-15-33-29(38)28-34-26(21-31)22-35(28)23-39-18-19-40(3,4)5/h6,8,10-11,22,36H,7,9,12-20,23H2,1-5H3,(H,32,37)(H,33,38)/b8-6-,25-10+. The van der Waals surface area contributed by atoms with Gasteiger partial charge in [0.25, 0.3) is 5.91 Å². The summed E-state index contributed by atoms with van der Waals surface area (Å²) >= 11 is 0. The summed E-state index contributed by atoms with van der Waals surface area (Å²) in [6.07, 6.45) is 14.4. The largest absolute Gasteiger partial charge is 0.396 e. The number of nitrogens with zero attached hydrogens (tertiary/aromatic N) is 3. The molecule has 0 saturated heterocycles. The van der Waals surface area contributed by atoms with E-state index in [4.69, 9.17) is 9.84 Å². The minimum Gasteiger partial charge on any atom is -0.396 e. The molecule has 2 rings (SSSR count). The Balaban J connectivity index is 2.00. The van der Waals surface area contributed by atoms with E-state index in [-0.39, 0.29) is 43.7 Å². The fraction of sp³-hybridized carbons (Fsp3) is 0.600. The van der Waals surface area contributed by atoms with Crippen molar-refractivity contribution >= 4 is 19.9 Å². The number of ether oxygens (including phenoxy) is 1. The zero-order valence-corrected chi connectivity index (χ0v) is 25.9. The van der Waals surface area contributed by atoms with Gasteiger partial charge in [-0.2, -0.15) is 5.26 Å². The highest BCUT2D eigenvalue weighted by molar-refractivity contribution is 6.76. The van der Waals surface area contributed by atoms with Gasteiger partial charge in [-0.1, -0.05) is 63.4 Å². The molecule has 0 aliphatic heterocycles. The van der Waals surface area contributed by atoms with Gasteiger partial charge in [0.05, 0.1) is 6.42 Å². The Labute approximate surface area is 240 Å². The van der Waals surface area contributed by atoms with Crippen LogP contribution in [0.1, 0.15) is 68.7 Å². The molecule has 1 heterocycles. The second kappa shape index (κ2) is 16.3. The summed E-state index contributed by atoms with van der Waals surface area (Å²) in [4.78, 5) is 29.4. The van der Waals surface area contributed by atoms with Crippen LogP contribution in [0.25, 0.3) is 0 Å². The molecule has 0 fully saturated rings. The first kappa shape index (κ1) is 33.2. The predicted octanol–water partition coefficient (Wildman–Crippen LogP) is 4.69. The van der Waals surface area contributed by atoms with Crippen molar-refractivity contribution in [1.29, 1.82) is 5.26 Å². The number of hydrogen-bond donors (Lipinski definition) is 3. The van der Waals surface area contributed by atoms with Gasteiger partial charge >= 0.3 is 0 Å². The van der Waals surface area contributed by atoms with Crippen molar-refractivity contribution in [3.8, 4) is 6.07 Å². The molecule has 10 heteroatoms. The number of aliphatic hydroxyl groups is 1. The number of aliphatic hydroxyl groups excluding tert-OH is 1. The zero-order chi connectivity index (χ0) is 29.6. The Morgan fingerprint density at radius 1 is 1.30 bits per heavy atom. The molecule has 0 atom stereocenters. The lowest BCUT2D eigenvalue weighted by Crippen LogP contribution is -2.27. The zero-order valence-electron chi connectivity index (χ0n) is 24.9. The number of allylic oxidation sites excluding steroid dienone is 4. The van der Waals surface area contributed by atoms with E-state index in [0.29, 0.717) is 25.0 Å². The van der Waals surface area contributed by atoms with Crippen molar-refractivity contribution in [2.45, 2.75) is 84.8 Å². The molecular weight excluding hydrogens is 522 g/mol. The van der Waals surface area contributed by atoms with Crippen LogP contribution in [-0.4, -0.2) is 60.8 Å². The molecule has 40 heavy (non-hydrogen) atoms. The number of amides is 2. The fourth-order valence-electron chi connectivity index (χ4n) is 4.06. The van der Waals surface area contributed by atoms with Crippen LogP contribution in [0.4, 0.5) is 0 Å². The van der Waals surface area contributed by atoms with Gasteiger partial charge in [-0.15, -0.1) is 0 Å². The fourth-order valence-corrected chi connectivity index (χ4v) is 4.81. The molecule has 220 valence electrons. The van der Waals surface area contributed by atoms with Gasteiger partial charge in [0.1, 0.15) is 12.8 Å². The number of carbonyl (C=O) groups is 2. The maximum atomic E-state index is 12.8. The summed E-state index contributed by atoms with van der Waals surface area (Å²) in [5.41, 5.74) is 2.74. The van der Waals surface area contributed by atoms with Crippen LogP contribution in [0.15, 0.2) is 41.6 Å². The highest BCUT2D eigenvalue weighted by Crippen LogP contribution is 2.35. The van der Waals surface area contributed by atoms with E-state index < -0.39 is 14.0 Å². The lowest BCUT2D eigenvalue weighted by atomic mass is 9.78. The molecule has 0 radical (unpaired) electrons. The van der Waals surface area contributed by atoms with Gasteiger partial charge in [0.2, 0.25) is 11.7 Å². The Bertz CT molecular complexity index is 1120. The Morgan fingerprint density at radius 3 is 2.73 bits per heavy atom. The first-order valence-corrected chi connectivity index (χ1v) is 17.9. The predicted molar refractivity (Wildman–Crippen MR) is 160 cm³/mol. The smallest absolute Gasteiger partial charge is 0.287 e. The number of aromatic nitrogens is 2. The highest BCUT2D eigenvalue weighted by Gasteiger charge is 2.21. The van der Waals surface area contributed by atoms with E-state index in [2.05, 4.69) is 61.3 Å². The molecular formula is C30H47N5O4Si. The van der Waals surface area contributed by atoms with Gasteiger partial charge in [-0.05, 0) is 49.1 Å². The quantitative estimate of drug-likeness (QED) is 0.115. The number of carbonyl (C=O) groups excluding carboxylic acids is 2. The van der Waals surface area contributed by atoms with Crippen molar-refractivity contribution in [3.05, 3.63) is 53.2 Å². The SMILES string of the molecule is CC1(C)CC=C(C/C=C(\C=C/CNC(=O)c2nc(C#N)cn2COCC[Si](C)(C)C)CC(=O)NCCCO)CC1. The number of hydrogen-bond acceptors (Lipinski definition) is 6. The average molecular weight is 570 g/mol. The van der Waals surface area contributed by atoms with E-state index in [1.165, 1.54) is 11.8 Å². The Morgan fingerprint density at radius 2 is 2.08 bits per heavy atom. The third-order valence-corrected chi connectivity index (χ3v) is 8.45. The van der Waals surface area contributed by atoms with Gasteiger partial charge in [0.15, 0.2) is 5.69 Å². The lowest BCUT2D eigenvalue weighted by molar-refractivity contribution is -0.120. The molecule has 1 aromatic heterocycles. The monoisotopic (exact) mass is 569 g/mol. The van der Waals surface area contributed by atoms with E-state index in [0.717, 1.165) is 37.3 Å². The van der Waals surface area contributed by atoms with E-state index >= 15 is 0 Å². The number of rotatable bonds is 16. The second-order valence-electron chi connectivity index (χ2n) is 12.3. The summed E-state index contributed by atoms with van der Waals surface area (Å²) in [6, 6.07) is 2.99. The first-order chi connectivity index (χ1) is 18.9. The van der Waals surface area contributed by atoms with Crippen molar-refractivity contribution < 1.29 is 19.4 Å². The van der Waals surface area contributed by atoms with Crippen molar-refractivity contribution in [2.75, 3.05) is 26.3 Å². The van der Waals surface area contributed by atoms with Crippen molar-refractivity contribution in [3.63, 3.8) is 0 Å². The average Bonchev–Trinajstić information content (AvgIpc) is 3.31. The van der Waals surface area contributed by atoms with Crippen LogP contribution in [0.5, 0.6) is 0 Å². The van der Waals surface area contributed by atoms with Crippen molar-refractivity contribution in [1.82, 2.24) is 20.2 Å². The third kappa shape index (κ3) is 12.9. The first-order valence-electron chi connectivity index (χ1n) is 14.2. The van der Waals surface area contributed by atoms with Crippen LogP contribution >= 0.6 is 0 Å². The summed E-state index contributed by atoms with van der Waals surface area (Å²) in [5.74, 6) is -0.376. The normalized spacial score (nSPS) is 15.5. The van der Waals surface area contributed by atoms with Crippen LogP contribution in [-0.2, 0) is 16.3 Å². The molecule has 0 spiro atoms. The second-order valence-corrected chi connectivity index (χ2v) is 17.9. The van der Waals surface area contributed by atoms with Crippen LogP contribution < -0.4 is 10.6 Å². The maximum Gasteiger partial charge on any atom is 0.287 e. The summed E-state index contributed by atoms with van der Waals surface area (Å²) in [7, 11) is -1.24. The summed E-state index contributed by atoms with van der Waals surface area (Å²) < 4.78 is 7.31. The summed E-state index contributed by atoms with van der Waals surface area (Å²) in [6.45, 7) is 12.8. The molecule has 2 amide bonds. The van der Waals surface area contributed by atoms with Gasteiger partial charge in [-0.25, -0.2) is 4.98 Å². The molecule has 1 aliphatic carbocycles. The van der Waals surface area contributed by atoms with Crippen LogP contribution in [0.3, 0.4) is 0 Å². The molecule has 1 aromatic rings. The van der Waals surface area contributed by atoms with Gasteiger partial charge in [-0.3, -0.25) is 9.59 Å². The van der Waals surface area contributed by atoms with Gasteiger partial charge < -0.3 is 25.0 Å². The Hall–Kier alpha value is -3.00. The van der Waals surface area contributed by atoms with E-state index in [9.17, 15) is 14.9 Å². The number of imidazole rings is 1. The van der Waals surface area contributed by atoms with Crippen molar-refractivity contribution in [2.24, 2.45) is 5.41 Å². The lowest BCUT2D eigenvalue weighted by Gasteiger charge is -2.28. The summed E-state index contributed by atoms with van der Waals surface area (Å²) in [5, 5.41) is 23.9. The molecule has 1 aliphatic rings. The number of nitriles is 1. The molecule has 0 saturated carbocycles. The minimum atomic E-state index is -1.24. The maximum absolute atomic E-state index is 12.8.